The molecule has 0 saturated carbocycles. The van der Waals surface area contributed by atoms with Crippen LogP contribution in [0.3, 0.4) is 0 Å². The Balaban J connectivity index is 1.85. The van der Waals surface area contributed by atoms with E-state index in [1.807, 2.05) is 5.38 Å². The molecule has 1 heterocycles. The second kappa shape index (κ2) is 9.57. The van der Waals surface area contributed by atoms with E-state index in [-0.39, 0.29) is 23.8 Å². The monoisotopic (exact) mass is 376 g/mol. The summed E-state index contributed by atoms with van der Waals surface area (Å²) in [6.45, 7) is 0.386. The van der Waals surface area contributed by atoms with Crippen LogP contribution in [0.5, 0.6) is 5.75 Å². The molecule has 0 radical (unpaired) electrons. The molecular weight excluding hydrogens is 356 g/mol. The highest BCUT2D eigenvalue weighted by Crippen LogP contribution is 2.23. The standard InChI is InChI=1S/C18H20N2O5S/c1-24-12-7-8-14(13(11-12)18(23)25-2)20-16(21)6-3-9-19-17(22)15-5-4-10-26-15/h4-5,7-8,10-11H,3,6,9H2,1-2H3,(H,19,22)(H,20,21). The van der Waals surface area contributed by atoms with Gasteiger partial charge in [0.25, 0.3) is 5.91 Å². The molecule has 0 saturated heterocycles. The molecular formula is C18H20N2O5S. The van der Waals surface area contributed by atoms with Gasteiger partial charge in [-0.15, -0.1) is 11.3 Å². The van der Waals surface area contributed by atoms with Crippen molar-refractivity contribution >= 4 is 34.8 Å². The average Bonchev–Trinajstić information content (AvgIpc) is 3.19. The van der Waals surface area contributed by atoms with Crippen molar-refractivity contribution in [2.24, 2.45) is 0 Å². The molecule has 0 spiro atoms. The number of hydrogen-bond donors (Lipinski definition) is 2. The predicted molar refractivity (Wildman–Crippen MR) is 98.8 cm³/mol. The summed E-state index contributed by atoms with van der Waals surface area (Å²) in [6, 6.07) is 8.28. The number of ether oxygens (including phenoxy) is 2. The van der Waals surface area contributed by atoms with Crippen LogP contribution in [0.1, 0.15) is 32.9 Å². The molecule has 2 rings (SSSR count). The zero-order chi connectivity index (χ0) is 18.9. The van der Waals surface area contributed by atoms with Crippen LogP contribution in [-0.2, 0) is 9.53 Å². The molecule has 0 aliphatic heterocycles. The van der Waals surface area contributed by atoms with E-state index in [1.54, 1.807) is 24.3 Å². The van der Waals surface area contributed by atoms with Gasteiger partial charge in [-0.2, -0.15) is 0 Å². The summed E-state index contributed by atoms with van der Waals surface area (Å²) in [6.07, 6.45) is 0.685. The van der Waals surface area contributed by atoms with E-state index in [4.69, 9.17) is 9.47 Å². The molecule has 0 aliphatic carbocycles. The number of esters is 1. The Morgan fingerprint density at radius 2 is 1.96 bits per heavy atom. The number of rotatable bonds is 8. The summed E-state index contributed by atoms with van der Waals surface area (Å²) in [5.74, 6) is -0.490. The lowest BCUT2D eigenvalue weighted by atomic mass is 10.1. The van der Waals surface area contributed by atoms with E-state index < -0.39 is 5.97 Å². The van der Waals surface area contributed by atoms with E-state index in [0.717, 1.165) is 0 Å². The second-order valence-electron chi connectivity index (χ2n) is 5.29. The third kappa shape index (κ3) is 5.32. The number of benzene rings is 1. The first-order valence-corrected chi connectivity index (χ1v) is 8.81. The molecule has 0 aliphatic rings. The van der Waals surface area contributed by atoms with Gasteiger partial charge in [0.15, 0.2) is 0 Å². The fourth-order valence-electron chi connectivity index (χ4n) is 2.20. The third-order valence-electron chi connectivity index (χ3n) is 3.52. The maximum atomic E-state index is 12.1. The zero-order valence-corrected chi connectivity index (χ0v) is 15.4. The van der Waals surface area contributed by atoms with Gasteiger partial charge in [-0.25, -0.2) is 4.79 Å². The van der Waals surface area contributed by atoms with Gasteiger partial charge in [0, 0.05) is 13.0 Å². The first-order valence-electron chi connectivity index (χ1n) is 7.93. The molecule has 0 atom stereocenters. The minimum atomic E-state index is -0.567. The van der Waals surface area contributed by atoms with Crippen LogP contribution in [0.25, 0.3) is 0 Å². The van der Waals surface area contributed by atoms with Crippen molar-refractivity contribution in [1.29, 1.82) is 0 Å². The van der Waals surface area contributed by atoms with Crippen LogP contribution in [0, 0.1) is 0 Å². The number of anilines is 1. The van der Waals surface area contributed by atoms with Crippen LogP contribution in [0.2, 0.25) is 0 Å². The quantitative estimate of drug-likeness (QED) is 0.546. The maximum Gasteiger partial charge on any atom is 0.340 e. The lowest BCUT2D eigenvalue weighted by Gasteiger charge is -2.11. The Hall–Kier alpha value is -2.87. The first kappa shape index (κ1) is 19.5. The van der Waals surface area contributed by atoms with E-state index >= 15 is 0 Å². The number of carbonyl (C=O) groups excluding carboxylic acids is 3. The summed E-state index contributed by atoms with van der Waals surface area (Å²) in [7, 11) is 2.75. The van der Waals surface area contributed by atoms with Crippen molar-refractivity contribution in [3.63, 3.8) is 0 Å². The average molecular weight is 376 g/mol. The molecule has 2 N–H and O–H groups in total. The van der Waals surface area contributed by atoms with Crippen LogP contribution >= 0.6 is 11.3 Å². The highest BCUT2D eigenvalue weighted by Gasteiger charge is 2.15. The minimum absolute atomic E-state index is 0.149. The number of thiophene rings is 1. The van der Waals surface area contributed by atoms with Gasteiger partial charge in [0.05, 0.1) is 30.3 Å². The molecule has 138 valence electrons. The van der Waals surface area contributed by atoms with Crippen LogP contribution in [0.4, 0.5) is 5.69 Å². The normalized spacial score (nSPS) is 10.1. The number of carbonyl (C=O) groups is 3. The van der Waals surface area contributed by atoms with Crippen molar-refractivity contribution in [2.75, 3.05) is 26.1 Å². The van der Waals surface area contributed by atoms with Crippen molar-refractivity contribution in [2.45, 2.75) is 12.8 Å². The Morgan fingerprint density at radius 3 is 2.62 bits per heavy atom. The van der Waals surface area contributed by atoms with Crippen LogP contribution in [-0.4, -0.2) is 38.5 Å². The molecule has 0 bridgehead atoms. The van der Waals surface area contributed by atoms with Gasteiger partial charge in [-0.1, -0.05) is 6.07 Å². The van der Waals surface area contributed by atoms with E-state index in [1.165, 1.54) is 31.6 Å². The lowest BCUT2D eigenvalue weighted by Crippen LogP contribution is -2.24. The SMILES string of the molecule is COC(=O)c1cc(OC)ccc1NC(=O)CCCNC(=O)c1cccs1. The molecule has 0 fully saturated rings. The van der Waals surface area contributed by atoms with Gasteiger partial charge in [-0.3, -0.25) is 9.59 Å². The highest BCUT2D eigenvalue weighted by atomic mass is 32.1. The lowest BCUT2D eigenvalue weighted by molar-refractivity contribution is -0.116. The molecule has 0 unspecified atom stereocenters. The van der Waals surface area contributed by atoms with Gasteiger partial charge in [-0.05, 0) is 36.1 Å². The molecule has 2 aromatic rings. The topological polar surface area (TPSA) is 93.7 Å². The Kier molecular flexibility index (Phi) is 7.16. The summed E-state index contributed by atoms with van der Waals surface area (Å²) in [5.41, 5.74) is 0.566. The van der Waals surface area contributed by atoms with E-state index in [0.29, 0.717) is 29.3 Å². The van der Waals surface area contributed by atoms with E-state index in [2.05, 4.69) is 10.6 Å². The van der Waals surface area contributed by atoms with Crippen molar-refractivity contribution < 1.29 is 23.9 Å². The van der Waals surface area contributed by atoms with Crippen molar-refractivity contribution in [1.82, 2.24) is 5.32 Å². The smallest absolute Gasteiger partial charge is 0.340 e. The summed E-state index contributed by atoms with van der Waals surface area (Å²) in [4.78, 5) is 36.4. The van der Waals surface area contributed by atoms with Crippen molar-refractivity contribution in [3.05, 3.63) is 46.2 Å². The van der Waals surface area contributed by atoms with Crippen LogP contribution in [0.15, 0.2) is 35.7 Å². The Labute approximate surface area is 155 Å². The maximum absolute atomic E-state index is 12.1. The minimum Gasteiger partial charge on any atom is -0.497 e. The molecule has 8 heteroatoms. The van der Waals surface area contributed by atoms with Gasteiger partial charge in [0.2, 0.25) is 5.91 Å². The van der Waals surface area contributed by atoms with Gasteiger partial charge >= 0.3 is 5.97 Å². The summed E-state index contributed by atoms with van der Waals surface area (Å²) < 4.78 is 9.81. The molecule has 2 amide bonds. The number of hydrogen-bond acceptors (Lipinski definition) is 6. The third-order valence-corrected chi connectivity index (χ3v) is 4.39. The number of methoxy groups -OCH3 is 2. The zero-order valence-electron chi connectivity index (χ0n) is 14.5. The number of amides is 2. The Bertz CT molecular complexity index is 774. The van der Waals surface area contributed by atoms with E-state index in [9.17, 15) is 14.4 Å². The molecule has 1 aromatic heterocycles. The fourth-order valence-corrected chi connectivity index (χ4v) is 2.84. The van der Waals surface area contributed by atoms with Gasteiger partial charge < -0.3 is 20.1 Å². The summed E-state index contributed by atoms with van der Waals surface area (Å²) >= 11 is 1.36. The fraction of sp³-hybridized carbons (Fsp3) is 0.278. The predicted octanol–water partition coefficient (Wildman–Crippen LogP) is 2.69. The van der Waals surface area contributed by atoms with Crippen LogP contribution < -0.4 is 15.4 Å². The molecule has 1 aromatic carbocycles. The molecule has 26 heavy (non-hydrogen) atoms. The summed E-state index contributed by atoms with van der Waals surface area (Å²) in [5, 5.41) is 7.28. The highest BCUT2D eigenvalue weighted by molar-refractivity contribution is 7.12. The number of nitrogens with one attached hydrogen (secondary N) is 2. The Morgan fingerprint density at radius 1 is 1.15 bits per heavy atom. The first-order chi connectivity index (χ1) is 12.5. The van der Waals surface area contributed by atoms with Gasteiger partial charge in [0.1, 0.15) is 5.75 Å². The van der Waals surface area contributed by atoms with Crippen molar-refractivity contribution in [3.8, 4) is 5.75 Å². The molecule has 7 nitrogen and oxygen atoms in total. The second-order valence-corrected chi connectivity index (χ2v) is 6.24. The largest absolute Gasteiger partial charge is 0.497 e.